The molecule has 0 bridgehead atoms. The van der Waals surface area contributed by atoms with Crippen molar-refractivity contribution in [3.63, 3.8) is 0 Å². The molecule has 114 valence electrons. The molecule has 0 aromatic heterocycles. The molecule has 0 saturated heterocycles. The van der Waals surface area contributed by atoms with E-state index in [1.54, 1.807) is 0 Å². The van der Waals surface area contributed by atoms with Crippen molar-refractivity contribution in [1.29, 1.82) is 0 Å². The third-order valence-corrected chi connectivity index (χ3v) is 4.17. The van der Waals surface area contributed by atoms with E-state index >= 15 is 0 Å². The Kier molecular flexibility index (Phi) is 9.35. The average molecular weight is 276 g/mol. The molecule has 3 N–H and O–H groups in total. The highest BCUT2D eigenvalue weighted by Gasteiger charge is 2.07. The largest absolute Gasteiger partial charge is 0.271 e. The number of benzene rings is 1. The predicted octanol–water partition coefficient (Wildman–Crippen LogP) is 4.51. The summed E-state index contributed by atoms with van der Waals surface area (Å²) in [4.78, 5) is 0. The van der Waals surface area contributed by atoms with Crippen LogP contribution in [-0.2, 0) is 6.42 Å². The topological polar surface area (TPSA) is 38.0 Å². The van der Waals surface area contributed by atoms with Crippen molar-refractivity contribution in [3.8, 4) is 0 Å². The summed E-state index contributed by atoms with van der Waals surface area (Å²) in [5.41, 5.74) is 5.84. The van der Waals surface area contributed by atoms with Crippen LogP contribution < -0.4 is 11.3 Å². The van der Waals surface area contributed by atoms with Crippen LogP contribution in [0.15, 0.2) is 24.3 Å². The molecule has 20 heavy (non-hydrogen) atoms. The van der Waals surface area contributed by atoms with Gasteiger partial charge in [-0.25, -0.2) is 0 Å². The number of hydrazine groups is 1. The van der Waals surface area contributed by atoms with Gasteiger partial charge in [-0.1, -0.05) is 69.7 Å². The van der Waals surface area contributed by atoms with E-state index in [0.29, 0.717) is 6.04 Å². The number of hydrogen-bond donors (Lipinski definition) is 2. The Morgan fingerprint density at radius 3 is 2.40 bits per heavy atom. The van der Waals surface area contributed by atoms with Crippen LogP contribution in [0.1, 0.15) is 69.4 Å². The van der Waals surface area contributed by atoms with Crippen LogP contribution in [0.2, 0.25) is 0 Å². The summed E-state index contributed by atoms with van der Waals surface area (Å²) in [5.74, 6) is 5.69. The molecule has 0 aliphatic heterocycles. The molecule has 1 unspecified atom stereocenters. The van der Waals surface area contributed by atoms with E-state index in [4.69, 9.17) is 5.84 Å². The molecule has 0 spiro atoms. The lowest BCUT2D eigenvalue weighted by Gasteiger charge is -2.16. The van der Waals surface area contributed by atoms with Gasteiger partial charge < -0.3 is 0 Å². The van der Waals surface area contributed by atoms with E-state index in [9.17, 15) is 0 Å². The zero-order chi connectivity index (χ0) is 14.6. The van der Waals surface area contributed by atoms with E-state index in [2.05, 4.69) is 43.5 Å². The van der Waals surface area contributed by atoms with Crippen molar-refractivity contribution in [1.82, 2.24) is 5.43 Å². The van der Waals surface area contributed by atoms with E-state index in [-0.39, 0.29) is 0 Å². The summed E-state index contributed by atoms with van der Waals surface area (Å²) in [7, 11) is 0. The summed E-state index contributed by atoms with van der Waals surface area (Å²) >= 11 is 0. The number of aryl methyl sites for hydroxylation is 2. The molecule has 0 heterocycles. The van der Waals surface area contributed by atoms with Gasteiger partial charge in [0.25, 0.3) is 0 Å². The Bertz CT molecular complexity index is 349. The standard InChI is InChI=1S/C18H32N2/c1-3-4-5-6-7-8-13-18(20-19)15-14-17-12-10-9-11-16(17)2/h9-12,18,20H,3-8,13-15,19H2,1-2H3. The zero-order valence-electron chi connectivity index (χ0n) is 13.3. The van der Waals surface area contributed by atoms with Gasteiger partial charge in [-0.15, -0.1) is 0 Å². The van der Waals surface area contributed by atoms with Gasteiger partial charge in [0.15, 0.2) is 0 Å². The summed E-state index contributed by atoms with van der Waals surface area (Å²) in [6.45, 7) is 4.45. The molecule has 2 heteroatoms. The van der Waals surface area contributed by atoms with Gasteiger partial charge >= 0.3 is 0 Å². The van der Waals surface area contributed by atoms with Crippen LogP contribution in [-0.4, -0.2) is 6.04 Å². The van der Waals surface area contributed by atoms with Crippen molar-refractivity contribution in [2.75, 3.05) is 0 Å². The molecule has 0 aliphatic rings. The van der Waals surface area contributed by atoms with Gasteiger partial charge in [-0.3, -0.25) is 11.3 Å². The van der Waals surface area contributed by atoms with Crippen LogP contribution in [0.4, 0.5) is 0 Å². The van der Waals surface area contributed by atoms with Gasteiger partial charge in [-0.05, 0) is 37.3 Å². The summed E-state index contributed by atoms with van der Waals surface area (Å²) in [5, 5.41) is 0. The molecule has 0 radical (unpaired) electrons. The highest BCUT2D eigenvalue weighted by atomic mass is 15.2. The second-order valence-corrected chi connectivity index (χ2v) is 5.89. The molecule has 0 amide bonds. The molecule has 2 nitrogen and oxygen atoms in total. The fourth-order valence-electron chi connectivity index (χ4n) is 2.70. The number of nitrogens with one attached hydrogen (secondary N) is 1. The minimum absolute atomic E-state index is 0.459. The van der Waals surface area contributed by atoms with Gasteiger partial charge in [0.05, 0.1) is 0 Å². The minimum atomic E-state index is 0.459. The average Bonchev–Trinajstić information content (AvgIpc) is 2.47. The smallest absolute Gasteiger partial charge is 0.0213 e. The zero-order valence-corrected chi connectivity index (χ0v) is 13.3. The lowest BCUT2D eigenvalue weighted by molar-refractivity contribution is 0.438. The number of unbranched alkanes of at least 4 members (excludes halogenated alkanes) is 5. The Hall–Kier alpha value is -0.860. The molecule has 1 aromatic rings. The SMILES string of the molecule is CCCCCCCCC(CCc1ccccc1C)NN. The third kappa shape index (κ3) is 7.06. The molecular weight excluding hydrogens is 244 g/mol. The van der Waals surface area contributed by atoms with Gasteiger partial charge in [0.2, 0.25) is 0 Å². The van der Waals surface area contributed by atoms with Crippen molar-refractivity contribution in [2.45, 2.75) is 77.7 Å². The van der Waals surface area contributed by atoms with Crippen LogP contribution in [0, 0.1) is 6.92 Å². The number of rotatable bonds is 11. The Morgan fingerprint density at radius 2 is 1.70 bits per heavy atom. The highest BCUT2D eigenvalue weighted by molar-refractivity contribution is 5.25. The lowest BCUT2D eigenvalue weighted by Crippen LogP contribution is -2.35. The third-order valence-electron chi connectivity index (χ3n) is 4.17. The molecule has 1 atom stereocenters. The van der Waals surface area contributed by atoms with Gasteiger partial charge in [0.1, 0.15) is 0 Å². The van der Waals surface area contributed by atoms with Crippen LogP contribution in [0.5, 0.6) is 0 Å². The summed E-state index contributed by atoms with van der Waals surface area (Å²) in [6, 6.07) is 9.11. The summed E-state index contributed by atoms with van der Waals surface area (Å²) < 4.78 is 0. The first-order valence-corrected chi connectivity index (χ1v) is 8.28. The fourth-order valence-corrected chi connectivity index (χ4v) is 2.70. The van der Waals surface area contributed by atoms with Crippen molar-refractivity contribution < 1.29 is 0 Å². The number of hydrogen-bond acceptors (Lipinski definition) is 2. The number of nitrogens with two attached hydrogens (primary N) is 1. The maximum Gasteiger partial charge on any atom is 0.0213 e. The molecule has 0 saturated carbocycles. The Morgan fingerprint density at radius 1 is 1.00 bits per heavy atom. The first kappa shape index (κ1) is 17.2. The van der Waals surface area contributed by atoms with Crippen molar-refractivity contribution in [3.05, 3.63) is 35.4 Å². The van der Waals surface area contributed by atoms with E-state index < -0.39 is 0 Å². The van der Waals surface area contributed by atoms with Crippen LogP contribution in [0.25, 0.3) is 0 Å². The van der Waals surface area contributed by atoms with Crippen LogP contribution in [0.3, 0.4) is 0 Å². The van der Waals surface area contributed by atoms with Gasteiger partial charge in [-0.2, -0.15) is 0 Å². The Labute approximate surface area is 125 Å². The van der Waals surface area contributed by atoms with Crippen molar-refractivity contribution in [2.24, 2.45) is 5.84 Å². The maximum absolute atomic E-state index is 5.69. The molecular formula is C18H32N2. The molecule has 1 aromatic carbocycles. The monoisotopic (exact) mass is 276 g/mol. The molecule has 1 rings (SSSR count). The Balaban J connectivity index is 2.18. The van der Waals surface area contributed by atoms with E-state index in [1.165, 1.54) is 56.1 Å². The maximum atomic E-state index is 5.69. The van der Waals surface area contributed by atoms with E-state index in [0.717, 1.165) is 12.8 Å². The lowest BCUT2D eigenvalue weighted by atomic mass is 9.98. The predicted molar refractivity (Wildman–Crippen MR) is 88.6 cm³/mol. The summed E-state index contributed by atoms with van der Waals surface area (Å²) in [6.07, 6.45) is 11.6. The van der Waals surface area contributed by atoms with Crippen molar-refractivity contribution >= 4 is 0 Å². The second kappa shape index (κ2) is 10.9. The first-order chi connectivity index (χ1) is 9.77. The molecule has 0 aliphatic carbocycles. The second-order valence-electron chi connectivity index (χ2n) is 5.89. The quantitative estimate of drug-likeness (QED) is 0.354. The van der Waals surface area contributed by atoms with Crippen LogP contribution >= 0.6 is 0 Å². The highest BCUT2D eigenvalue weighted by Crippen LogP contribution is 2.14. The van der Waals surface area contributed by atoms with E-state index in [1.807, 2.05) is 0 Å². The first-order valence-electron chi connectivity index (χ1n) is 8.28. The molecule has 0 fully saturated rings. The minimum Gasteiger partial charge on any atom is -0.271 e. The van der Waals surface area contributed by atoms with Gasteiger partial charge in [0, 0.05) is 6.04 Å². The fraction of sp³-hybridized carbons (Fsp3) is 0.667. The normalized spacial score (nSPS) is 12.6.